The second-order valence-corrected chi connectivity index (χ2v) is 5.03. The molecule has 4 amide bonds. The van der Waals surface area contributed by atoms with Crippen LogP contribution in [0.15, 0.2) is 0 Å². The third kappa shape index (κ3) is 5.52. The standard InChI is InChI=1S/C9H12N3O4.C5H11.Y/c1-5(13)10-6-4-16-3-2-9(6)7(14)11-8(15)12-9;1-3-5-4-2;/h6H,1-4H2,(H,10,13)(H2,11,12,14,15);1,3-5H2,2H3;/q2*-1;. The molecule has 22 heavy (non-hydrogen) atoms. The van der Waals surface area contributed by atoms with Gasteiger partial charge in [0.25, 0.3) is 5.91 Å². The van der Waals surface area contributed by atoms with Crippen LogP contribution in [0, 0.1) is 13.8 Å². The molecule has 0 aromatic heterocycles. The molecule has 7 nitrogen and oxygen atoms in total. The number of carbonyl (C=O) groups is 3. The van der Waals surface area contributed by atoms with Crippen LogP contribution in [0.25, 0.3) is 0 Å². The molecule has 2 aliphatic heterocycles. The monoisotopic (exact) mass is 386 g/mol. The number of imide groups is 1. The van der Waals surface area contributed by atoms with Crippen molar-refractivity contribution in [3.05, 3.63) is 13.8 Å². The van der Waals surface area contributed by atoms with Crippen molar-refractivity contribution in [2.45, 2.75) is 44.2 Å². The Morgan fingerprint density at radius 1 is 1.50 bits per heavy atom. The third-order valence-electron chi connectivity index (χ3n) is 3.43. The summed E-state index contributed by atoms with van der Waals surface area (Å²) in [5, 5.41) is 7.23. The van der Waals surface area contributed by atoms with E-state index >= 15 is 0 Å². The van der Waals surface area contributed by atoms with Crippen molar-refractivity contribution in [2.75, 3.05) is 13.2 Å². The number of urea groups is 1. The molecule has 2 atom stereocenters. The quantitative estimate of drug-likeness (QED) is 0.481. The second kappa shape index (κ2) is 10.2. The number of ether oxygens (including phenoxy) is 1. The number of hydrogen-bond acceptors (Lipinski definition) is 4. The van der Waals surface area contributed by atoms with Crippen molar-refractivity contribution in [3.8, 4) is 0 Å². The number of nitrogens with one attached hydrogen (secondary N) is 3. The molecule has 3 N–H and O–H groups in total. The molecule has 8 heteroatoms. The van der Waals surface area contributed by atoms with E-state index in [9.17, 15) is 14.4 Å². The first-order valence-corrected chi connectivity index (χ1v) is 7.09. The van der Waals surface area contributed by atoms with E-state index in [4.69, 9.17) is 4.74 Å². The zero-order chi connectivity index (χ0) is 15.9. The summed E-state index contributed by atoms with van der Waals surface area (Å²) in [4.78, 5) is 33.8. The van der Waals surface area contributed by atoms with Gasteiger partial charge in [0.05, 0.1) is 18.6 Å². The van der Waals surface area contributed by atoms with Gasteiger partial charge in [0.2, 0.25) is 0 Å². The first kappa shape index (κ1) is 21.3. The number of unbranched alkanes of at least 4 members (excludes halogenated alkanes) is 2. The summed E-state index contributed by atoms with van der Waals surface area (Å²) in [6.45, 7) is 9.56. The van der Waals surface area contributed by atoms with Crippen molar-refractivity contribution >= 4 is 17.8 Å². The molecule has 0 aromatic rings. The van der Waals surface area contributed by atoms with Gasteiger partial charge in [-0.1, -0.05) is 19.8 Å². The Bertz CT molecular complexity index is 404. The average Bonchev–Trinajstić information content (AvgIpc) is 2.69. The largest absolute Gasteiger partial charge is 0.379 e. The fourth-order valence-corrected chi connectivity index (χ4v) is 2.29. The van der Waals surface area contributed by atoms with Gasteiger partial charge >= 0.3 is 6.03 Å². The molecule has 0 aromatic carbocycles. The Morgan fingerprint density at radius 3 is 2.59 bits per heavy atom. The fourth-order valence-electron chi connectivity index (χ4n) is 2.29. The summed E-state index contributed by atoms with van der Waals surface area (Å²) < 4.78 is 5.18. The predicted molar refractivity (Wildman–Crippen MR) is 77.0 cm³/mol. The minimum Gasteiger partial charge on any atom is -0.379 e. The first-order chi connectivity index (χ1) is 9.96. The summed E-state index contributed by atoms with van der Waals surface area (Å²) in [7, 11) is 0. The summed E-state index contributed by atoms with van der Waals surface area (Å²) in [6.07, 6.45) is 3.98. The molecule has 2 fully saturated rings. The maximum atomic E-state index is 11.7. The zero-order valence-electron chi connectivity index (χ0n) is 12.9. The number of amides is 4. The molecule has 2 aliphatic rings. The van der Waals surface area contributed by atoms with Crippen molar-refractivity contribution in [1.82, 2.24) is 16.0 Å². The van der Waals surface area contributed by atoms with Crippen LogP contribution in [0.4, 0.5) is 4.79 Å². The Kier molecular flexibility index (Phi) is 9.88. The minimum absolute atomic E-state index is 0. The fraction of sp³-hybridized carbons (Fsp3) is 0.643. The van der Waals surface area contributed by atoms with Gasteiger partial charge in [0, 0.05) is 45.7 Å². The first-order valence-electron chi connectivity index (χ1n) is 7.09. The van der Waals surface area contributed by atoms with Crippen LogP contribution < -0.4 is 16.0 Å². The molecule has 1 spiro atoms. The second-order valence-electron chi connectivity index (χ2n) is 5.03. The predicted octanol–water partition coefficient (Wildman–Crippen LogP) is 0.312. The maximum absolute atomic E-state index is 11.7. The normalized spacial score (nSPS) is 26.2. The minimum atomic E-state index is -1.09. The van der Waals surface area contributed by atoms with Crippen LogP contribution in [-0.4, -0.2) is 42.6 Å². The van der Waals surface area contributed by atoms with Crippen molar-refractivity contribution in [2.24, 2.45) is 0 Å². The van der Waals surface area contributed by atoms with Gasteiger partial charge in [0.1, 0.15) is 5.54 Å². The Morgan fingerprint density at radius 2 is 2.18 bits per heavy atom. The molecular weight excluding hydrogens is 363 g/mol. The number of rotatable bonds is 3. The molecule has 2 rings (SSSR count). The van der Waals surface area contributed by atoms with E-state index in [2.05, 4.69) is 36.7 Å². The van der Waals surface area contributed by atoms with Gasteiger partial charge in [-0.25, -0.2) is 4.79 Å². The van der Waals surface area contributed by atoms with Gasteiger partial charge in [0.15, 0.2) is 0 Å². The van der Waals surface area contributed by atoms with Crippen LogP contribution in [0.3, 0.4) is 0 Å². The average molecular weight is 386 g/mol. The molecule has 2 heterocycles. The van der Waals surface area contributed by atoms with Crippen LogP contribution in [0.1, 0.15) is 32.6 Å². The SMILES string of the molecule is [CH2-]C(=O)NC1COCCC12NC(=O)NC2=O.[CH2-]CCCC.[Y]. The van der Waals surface area contributed by atoms with E-state index in [-0.39, 0.29) is 39.3 Å². The van der Waals surface area contributed by atoms with Crippen molar-refractivity contribution in [1.29, 1.82) is 0 Å². The van der Waals surface area contributed by atoms with Crippen LogP contribution >= 0.6 is 0 Å². The molecule has 0 bridgehead atoms. The maximum Gasteiger partial charge on any atom is 0.322 e. The van der Waals surface area contributed by atoms with Crippen molar-refractivity contribution < 1.29 is 51.8 Å². The molecule has 2 unspecified atom stereocenters. The number of hydrogen-bond donors (Lipinski definition) is 3. The summed E-state index contributed by atoms with van der Waals surface area (Å²) in [5.41, 5.74) is -1.09. The van der Waals surface area contributed by atoms with E-state index in [1.54, 1.807) is 0 Å². The smallest absolute Gasteiger partial charge is 0.322 e. The topological polar surface area (TPSA) is 96.5 Å². The van der Waals surface area contributed by atoms with Crippen LogP contribution in [0.2, 0.25) is 0 Å². The summed E-state index contributed by atoms with van der Waals surface area (Å²) in [5.74, 6) is -0.941. The van der Waals surface area contributed by atoms with E-state index in [0.717, 1.165) is 6.42 Å². The Labute approximate surface area is 156 Å². The summed E-state index contributed by atoms with van der Waals surface area (Å²) in [6, 6.07) is -1.13. The number of carbonyl (C=O) groups excluding carboxylic acids is 3. The summed E-state index contributed by atoms with van der Waals surface area (Å²) >= 11 is 0. The van der Waals surface area contributed by atoms with Gasteiger partial charge in [-0.2, -0.15) is 6.42 Å². The van der Waals surface area contributed by atoms with E-state index in [1.165, 1.54) is 12.8 Å². The third-order valence-corrected chi connectivity index (χ3v) is 3.43. The molecule has 1 radical (unpaired) electrons. The molecule has 123 valence electrons. The zero-order valence-corrected chi connectivity index (χ0v) is 15.8. The molecular formula is C14H23N3O4Y-2. The Balaban J connectivity index is 0.000000644. The van der Waals surface area contributed by atoms with Gasteiger partial charge in [-0.15, -0.1) is 0 Å². The van der Waals surface area contributed by atoms with Gasteiger partial charge in [-0.05, 0) is 0 Å². The van der Waals surface area contributed by atoms with E-state index < -0.39 is 29.4 Å². The molecule has 0 saturated carbocycles. The molecule has 2 saturated heterocycles. The Hall–Kier alpha value is -0.656. The van der Waals surface area contributed by atoms with Crippen LogP contribution in [0.5, 0.6) is 0 Å². The van der Waals surface area contributed by atoms with Crippen molar-refractivity contribution in [3.63, 3.8) is 0 Å². The van der Waals surface area contributed by atoms with Gasteiger partial charge in [-0.3, -0.25) is 10.1 Å². The van der Waals surface area contributed by atoms with Gasteiger partial charge < -0.3 is 34.0 Å². The molecule has 0 aliphatic carbocycles. The van der Waals surface area contributed by atoms with Crippen LogP contribution in [-0.2, 0) is 47.0 Å². The van der Waals surface area contributed by atoms with E-state index in [0.29, 0.717) is 13.0 Å². The van der Waals surface area contributed by atoms with E-state index in [1.807, 2.05) is 0 Å².